The van der Waals surface area contributed by atoms with E-state index in [4.69, 9.17) is 21.4 Å². The summed E-state index contributed by atoms with van der Waals surface area (Å²) in [6.07, 6.45) is 2.16. The number of nitrogens with zero attached hydrogens (tertiary/aromatic N) is 1. The van der Waals surface area contributed by atoms with Crippen LogP contribution in [0.3, 0.4) is 0 Å². The molecule has 2 amide bonds. The van der Waals surface area contributed by atoms with Gasteiger partial charge in [0.1, 0.15) is 17.9 Å². The Kier molecular flexibility index (Phi) is 6.48. The van der Waals surface area contributed by atoms with Gasteiger partial charge in [-0.1, -0.05) is 20.8 Å². The fraction of sp³-hybridized carbons (Fsp3) is 0.789. The molecule has 2 bridgehead atoms. The van der Waals surface area contributed by atoms with Crippen molar-refractivity contribution in [3.05, 3.63) is 0 Å². The average Bonchev–Trinajstić information content (AvgIpc) is 3.01. The standard InChI is InChI=1S/C19H27ClN2O7S/c1-18(2)10-4-5-19(18,3)12(6-10)29-17(27)21-15-11(7-20)22(16(15)26)30-9-14(25)28-8-13(23)24/h10-12,15H,4-9H2,1-3H3,(H,21,27)(H,23,24)/t10?,11-,12?,15+,19?/m1/s1. The first-order chi connectivity index (χ1) is 14.0. The van der Waals surface area contributed by atoms with E-state index < -0.39 is 42.6 Å². The van der Waals surface area contributed by atoms with Gasteiger partial charge in [-0.3, -0.25) is 13.9 Å². The number of fused-ring (bicyclic) bond motifs is 2. The summed E-state index contributed by atoms with van der Waals surface area (Å²) in [7, 11) is 0. The van der Waals surface area contributed by atoms with E-state index in [2.05, 4.69) is 30.8 Å². The van der Waals surface area contributed by atoms with E-state index in [9.17, 15) is 19.2 Å². The van der Waals surface area contributed by atoms with Crippen molar-refractivity contribution in [2.75, 3.05) is 18.2 Å². The highest BCUT2D eigenvalue weighted by Crippen LogP contribution is 2.66. The first kappa shape index (κ1) is 23.0. The van der Waals surface area contributed by atoms with Crippen LogP contribution < -0.4 is 5.32 Å². The molecule has 2 saturated carbocycles. The van der Waals surface area contributed by atoms with Crippen LogP contribution in [0, 0.1) is 16.7 Å². The van der Waals surface area contributed by atoms with Crippen molar-refractivity contribution in [3.8, 4) is 0 Å². The number of aliphatic carboxylic acids is 1. The highest BCUT2D eigenvalue weighted by molar-refractivity contribution is 7.98. The molecule has 168 valence electrons. The zero-order chi connectivity index (χ0) is 22.3. The van der Waals surface area contributed by atoms with Crippen LogP contribution in [-0.2, 0) is 23.9 Å². The van der Waals surface area contributed by atoms with E-state index in [-0.39, 0.29) is 28.6 Å². The molecule has 3 aliphatic rings. The number of rotatable bonds is 8. The Morgan fingerprint density at radius 2 is 2.03 bits per heavy atom. The Morgan fingerprint density at radius 3 is 2.57 bits per heavy atom. The summed E-state index contributed by atoms with van der Waals surface area (Å²) < 4.78 is 11.5. The molecule has 3 fully saturated rings. The molecule has 2 N–H and O–H groups in total. The maximum absolute atomic E-state index is 12.5. The molecule has 0 aromatic rings. The number of esters is 1. The summed E-state index contributed by atoms with van der Waals surface area (Å²) in [6.45, 7) is 5.87. The number of alkyl halides is 1. The van der Waals surface area contributed by atoms with E-state index in [1.54, 1.807) is 0 Å². The number of carboxylic acid groups (broad SMARTS) is 1. The van der Waals surface area contributed by atoms with Crippen LogP contribution >= 0.6 is 23.5 Å². The molecule has 1 heterocycles. The number of carbonyl (C=O) groups is 4. The smallest absolute Gasteiger partial charge is 0.408 e. The van der Waals surface area contributed by atoms with E-state index in [1.165, 1.54) is 4.31 Å². The number of alkyl carbamates (subject to hydrolysis) is 1. The number of hydrogen-bond acceptors (Lipinski definition) is 7. The lowest BCUT2D eigenvalue weighted by Crippen LogP contribution is -2.69. The van der Waals surface area contributed by atoms with Crippen LogP contribution in [-0.4, -0.2) is 69.8 Å². The van der Waals surface area contributed by atoms with Gasteiger partial charge in [-0.15, -0.1) is 11.6 Å². The lowest BCUT2D eigenvalue weighted by molar-refractivity contribution is -0.153. The minimum Gasteiger partial charge on any atom is -0.479 e. The molecule has 5 atom stereocenters. The third kappa shape index (κ3) is 3.95. The van der Waals surface area contributed by atoms with Crippen molar-refractivity contribution in [1.82, 2.24) is 9.62 Å². The van der Waals surface area contributed by atoms with Gasteiger partial charge in [0, 0.05) is 11.3 Å². The van der Waals surface area contributed by atoms with Gasteiger partial charge in [0.2, 0.25) is 0 Å². The highest BCUT2D eigenvalue weighted by atomic mass is 35.5. The maximum Gasteiger partial charge on any atom is 0.408 e. The number of carbonyl (C=O) groups excluding carboxylic acids is 3. The number of ether oxygens (including phenoxy) is 2. The fourth-order valence-electron chi connectivity index (χ4n) is 4.89. The molecular weight excluding hydrogens is 436 g/mol. The number of amides is 2. The van der Waals surface area contributed by atoms with Crippen LogP contribution in [0.25, 0.3) is 0 Å². The minimum absolute atomic E-state index is 0.0596. The Balaban J connectivity index is 1.49. The van der Waals surface area contributed by atoms with E-state index in [0.717, 1.165) is 31.2 Å². The van der Waals surface area contributed by atoms with Crippen LogP contribution in [0.2, 0.25) is 0 Å². The van der Waals surface area contributed by atoms with Gasteiger partial charge in [0.05, 0.1) is 6.04 Å². The molecule has 0 radical (unpaired) electrons. The van der Waals surface area contributed by atoms with Gasteiger partial charge in [0.25, 0.3) is 5.91 Å². The molecule has 9 nitrogen and oxygen atoms in total. The van der Waals surface area contributed by atoms with Crippen molar-refractivity contribution in [3.63, 3.8) is 0 Å². The number of nitrogens with one attached hydrogen (secondary N) is 1. The minimum atomic E-state index is -1.26. The Bertz CT molecular complexity index is 748. The average molecular weight is 463 g/mol. The molecule has 2 aliphatic carbocycles. The molecule has 3 rings (SSSR count). The summed E-state index contributed by atoms with van der Waals surface area (Å²) >= 11 is 6.82. The van der Waals surface area contributed by atoms with Crippen LogP contribution in [0.15, 0.2) is 0 Å². The molecule has 11 heteroatoms. The Morgan fingerprint density at radius 1 is 1.33 bits per heavy atom. The van der Waals surface area contributed by atoms with Crippen LogP contribution in [0.1, 0.15) is 40.0 Å². The Labute approximate surface area is 184 Å². The van der Waals surface area contributed by atoms with Gasteiger partial charge in [-0.05, 0) is 42.5 Å². The van der Waals surface area contributed by atoms with Crippen molar-refractivity contribution < 1.29 is 33.8 Å². The van der Waals surface area contributed by atoms with Gasteiger partial charge in [-0.2, -0.15) is 0 Å². The third-order valence-electron chi connectivity index (χ3n) is 7.24. The molecule has 0 aromatic heterocycles. The van der Waals surface area contributed by atoms with Gasteiger partial charge in [-0.25, -0.2) is 9.59 Å². The second kappa shape index (κ2) is 8.45. The molecule has 0 spiro atoms. The van der Waals surface area contributed by atoms with E-state index in [1.807, 2.05) is 0 Å². The van der Waals surface area contributed by atoms with E-state index >= 15 is 0 Å². The summed E-state index contributed by atoms with van der Waals surface area (Å²) in [5.41, 5.74) is 0.0221. The van der Waals surface area contributed by atoms with Crippen molar-refractivity contribution in [1.29, 1.82) is 0 Å². The van der Waals surface area contributed by atoms with E-state index in [0.29, 0.717) is 5.92 Å². The monoisotopic (exact) mass is 462 g/mol. The predicted octanol–water partition coefficient (Wildman–Crippen LogP) is 2.02. The molecular formula is C19H27ClN2O7S. The predicted molar refractivity (Wildman–Crippen MR) is 109 cm³/mol. The summed E-state index contributed by atoms with van der Waals surface area (Å²) in [6, 6.07) is -1.33. The quantitative estimate of drug-likeness (QED) is 0.243. The normalized spacial score (nSPS) is 33.7. The summed E-state index contributed by atoms with van der Waals surface area (Å²) in [4.78, 5) is 46.8. The van der Waals surface area contributed by atoms with Gasteiger partial charge in [0.15, 0.2) is 6.61 Å². The zero-order valence-electron chi connectivity index (χ0n) is 17.2. The van der Waals surface area contributed by atoms with Crippen molar-refractivity contribution in [2.24, 2.45) is 16.7 Å². The first-order valence-corrected chi connectivity index (χ1v) is 11.4. The molecule has 30 heavy (non-hydrogen) atoms. The summed E-state index contributed by atoms with van der Waals surface area (Å²) in [5, 5.41) is 11.1. The third-order valence-corrected chi connectivity index (χ3v) is 8.65. The Hall–Kier alpha value is -1.68. The summed E-state index contributed by atoms with van der Waals surface area (Å²) in [5.74, 6) is -2.07. The highest BCUT2D eigenvalue weighted by Gasteiger charge is 2.63. The number of carboxylic acids is 1. The fourth-order valence-corrected chi connectivity index (χ4v) is 6.25. The topological polar surface area (TPSA) is 122 Å². The van der Waals surface area contributed by atoms with Gasteiger partial charge < -0.3 is 19.9 Å². The van der Waals surface area contributed by atoms with Crippen LogP contribution in [0.5, 0.6) is 0 Å². The second-order valence-electron chi connectivity index (χ2n) is 8.84. The molecule has 3 unspecified atom stereocenters. The molecule has 1 saturated heterocycles. The van der Waals surface area contributed by atoms with Crippen molar-refractivity contribution >= 4 is 47.5 Å². The van der Waals surface area contributed by atoms with Crippen molar-refractivity contribution in [2.45, 2.75) is 58.2 Å². The zero-order valence-corrected chi connectivity index (χ0v) is 18.8. The number of β-lactam (4-membered cyclic amide) rings is 1. The van der Waals surface area contributed by atoms with Crippen LogP contribution in [0.4, 0.5) is 4.79 Å². The SMILES string of the molecule is CC1(C)C2CCC1(C)C(OC(=O)N[C@@H]1C(=O)N(SCC(=O)OCC(=O)O)[C@@H]1CCl)C2. The molecule has 1 aliphatic heterocycles. The number of hydrogen-bond donors (Lipinski definition) is 2. The van der Waals surface area contributed by atoms with Gasteiger partial charge >= 0.3 is 18.0 Å². The first-order valence-electron chi connectivity index (χ1n) is 9.87. The lowest BCUT2D eigenvalue weighted by atomic mass is 9.70. The molecule has 0 aromatic carbocycles. The second-order valence-corrected chi connectivity index (χ2v) is 10.1. The lowest BCUT2D eigenvalue weighted by Gasteiger charge is -2.45. The maximum atomic E-state index is 12.5. The number of halogens is 1. The largest absolute Gasteiger partial charge is 0.479 e.